The average Bonchev–Trinajstić information content (AvgIpc) is 3.12. The molecule has 6 nitrogen and oxygen atoms in total. The first-order valence-electron chi connectivity index (χ1n) is 9.15. The highest BCUT2D eigenvalue weighted by Crippen LogP contribution is 2.26. The molecule has 0 saturated carbocycles. The predicted molar refractivity (Wildman–Crippen MR) is 121 cm³/mol. The van der Waals surface area contributed by atoms with Crippen LogP contribution in [0.15, 0.2) is 52.1 Å². The largest absolute Gasteiger partial charge is 0.331 e. The molecule has 2 aromatic carbocycles. The number of hydrogen-bond acceptors (Lipinski definition) is 4. The van der Waals surface area contributed by atoms with Crippen LogP contribution in [-0.2, 0) is 4.79 Å². The molecule has 1 atom stereocenters. The monoisotopic (exact) mass is 512 g/mol. The van der Waals surface area contributed by atoms with Gasteiger partial charge in [-0.2, -0.15) is 0 Å². The molecule has 10 heteroatoms. The Labute approximate surface area is 191 Å². The fraction of sp³-hybridized carbons (Fsp3) is 0.250. The maximum absolute atomic E-state index is 14.0. The minimum Gasteiger partial charge on any atom is -0.331 e. The number of nitrogens with zero attached hydrogens (tertiary/aromatic N) is 3. The maximum Gasteiger partial charge on any atom is 0.234 e. The van der Waals surface area contributed by atoms with Crippen LogP contribution in [-0.4, -0.2) is 40.5 Å². The van der Waals surface area contributed by atoms with E-state index in [1.165, 1.54) is 28.8 Å². The Kier molecular flexibility index (Phi) is 7.51. The number of benzene rings is 2. The molecule has 158 valence electrons. The van der Waals surface area contributed by atoms with Gasteiger partial charge in [0.25, 0.3) is 0 Å². The molecule has 30 heavy (non-hydrogen) atoms. The number of nitrogens with one attached hydrogen (secondary N) is 2. The predicted octanol–water partition coefficient (Wildman–Crippen LogP) is 3.76. The number of halogens is 3. The molecule has 0 unspecified atom stereocenters. The highest BCUT2D eigenvalue weighted by Gasteiger charge is 2.24. The molecule has 1 amide bonds. The van der Waals surface area contributed by atoms with Crippen LogP contribution >= 0.6 is 39.3 Å². The van der Waals surface area contributed by atoms with E-state index in [0.717, 1.165) is 11.5 Å². The number of carbonyl (C=O) groups is 1. The summed E-state index contributed by atoms with van der Waals surface area (Å²) in [6.45, 7) is 2.06. The van der Waals surface area contributed by atoms with Gasteiger partial charge in [0.15, 0.2) is 11.0 Å². The molecule has 3 rings (SSSR count). The zero-order valence-electron chi connectivity index (χ0n) is 16.6. The molecule has 1 aromatic heterocycles. The number of anilines is 1. The normalized spacial score (nSPS) is 12.2. The van der Waals surface area contributed by atoms with Crippen molar-refractivity contribution in [2.24, 2.45) is 0 Å². The van der Waals surface area contributed by atoms with Crippen molar-refractivity contribution in [1.82, 2.24) is 14.8 Å². The van der Waals surface area contributed by atoms with E-state index in [2.05, 4.69) is 38.4 Å². The summed E-state index contributed by atoms with van der Waals surface area (Å²) >= 11 is 10.5. The summed E-state index contributed by atoms with van der Waals surface area (Å²) < 4.78 is 16.5. The molecule has 0 spiro atoms. The van der Waals surface area contributed by atoms with Crippen LogP contribution in [0.4, 0.5) is 10.1 Å². The van der Waals surface area contributed by atoms with Crippen molar-refractivity contribution in [3.05, 3.63) is 63.6 Å². The second-order valence-corrected chi connectivity index (χ2v) is 9.21. The third kappa shape index (κ3) is 5.40. The van der Waals surface area contributed by atoms with Crippen LogP contribution in [0.1, 0.15) is 18.8 Å². The molecule has 0 saturated heterocycles. The molecular formula is C20H21BrClFN5OS+. The van der Waals surface area contributed by atoms with Crippen LogP contribution < -0.4 is 10.2 Å². The Bertz CT molecular complexity index is 1040. The fourth-order valence-electron chi connectivity index (χ4n) is 2.65. The van der Waals surface area contributed by atoms with Crippen LogP contribution in [0.25, 0.3) is 5.69 Å². The Morgan fingerprint density at radius 3 is 2.60 bits per heavy atom. The van der Waals surface area contributed by atoms with E-state index < -0.39 is 5.82 Å². The van der Waals surface area contributed by atoms with Crippen LogP contribution in [0, 0.1) is 5.82 Å². The number of carbonyl (C=O) groups excluding carboxylic acids is 1. The minimum absolute atomic E-state index is 0.0599. The molecule has 0 aliphatic rings. The summed E-state index contributed by atoms with van der Waals surface area (Å²) in [5.41, 5.74) is 0.989. The van der Waals surface area contributed by atoms with Gasteiger partial charge in [0, 0.05) is 15.2 Å². The van der Waals surface area contributed by atoms with E-state index in [1.54, 1.807) is 18.2 Å². The number of amides is 1. The lowest BCUT2D eigenvalue weighted by atomic mass is 10.2. The Hall–Kier alpha value is -1.94. The van der Waals surface area contributed by atoms with E-state index in [-0.39, 0.29) is 23.4 Å². The number of quaternary nitrogens is 1. The van der Waals surface area contributed by atoms with E-state index in [1.807, 2.05) is 30.8 Å². The second kappa shape index (κ2) is 9.91. The van der Waals surface area contributed by atoms with Crippen molar-refractivity contribution in [2.75, 3.05) is 25.2 Å². The van der Waals surface area contributed by atoms with Crippen LogP contribution in [0.2, 0.25) is 5.02 Å². The zero-order chi connectivity index (χ0) is 21.8. The lowest BCUT2D eigenvalue weighted by Gasteiger charge is -2.18. The summed E-state index contributed by atoms with van der Waals surface area (Å²) in [4.78, 5) is 13.6. The van der Waals surface area contributed by atoms with Gasteiger partial charge in [-0.15, -0.1) is 10.2 Å². The standard InChI is InChI=1S/C20H20BrClFN5OS/c1-12(27(2)3)19-25-26-20(28(19)15-7-5-14(22)6-8-15)30-11-18(29)24-17-9-4-13(21)10-16(17)23/h4-10,12H,11H2,1-3H3,(H,24,29)/p+1/t12-/m1/s1. The topological polar surface area (TPSA) is 64.2 Å². The summed E-state index contributed by atoms with van der Waals surface area (Å²) in [6.07, 6.45) is 0. The molecule has 0 radical (unpaired) electrons. The molecule has 0 fully saturated rings. The average molecular weight is 514 g/mol. The first kappa shape index (κ1) is 22.7. The Balaban J connectivity index is 1.81. The summed E-state index contributed by atoms with van der Waals surface area (Å²) in [5.74, 6) is 0.000710. The fourth-order valence-corrected chi connectivity index (χ4v) is 3.87. The molecule has 0 aliphatic heterocycles. The lowest BCUT2D eigenvalue weighted by molar-refractivity contribution is -0.890. The van der Waals surface area contributed by atoms with Crippen LogP contribution in [0.3, 0.4) is 0 Å². The minimum atomic E-state index is -0.503. The van der Waals surface area contributed by atoms with E-state index >= 15 is 0 Å². The first-order valence-corrected chi connectivity index (χ1v) is 11.3. The van der Waals surface area contributed by atoms with Crippen LogP contribution in [0.5, 0.6) is 0 Å². The Morgan fingerprint density at radius 2 is 1.97 bits per heavy atom. The van der Waals surface area contributed by atoms with E-state index in [0.29, 0.717) is 14.7 Å². The highest BCUT2D eigenvalue weighted by atomic mass is 79.9. The number of aromatic nitrogens is 3. The lowest BCUT2D eigenvalue weighted by Crippen LogP contribution is -3.05. The van der Waals surface area contributed by atoms with Gasteiger partial charge < -0.3 is 10.2 Å². The number of thioether (sulfide) groups is 1. The van der Waals surface area contributed by atoms with Crippen molar-refractivity contribution >= 4 is 50.9 Å². The maximum atomic E-state index is 14.0. The molecule has 1 heterocycles. The molecule has 0 bridgehead atoms. The van der Waals surface area contributed by atoms with Gasteiger partial charge in [0.1, 0.15) is 11.9 Å². The van der Waals surface area contributed by atoms with Crippen molar-refractivity contribution in [3.63, 3.8) is 0 Å². The first-order chi connectivity index (χ1) is 14.3. The number of hydrogen-bond donors (Lipinski definition) is 2. The summed E-state index contributed by atoms with van der Waals surface area (Å²) in [6, 6.07) is 11.9. The van der Waals surface area contributed by atoms with Gasteiger partial charge in [-0.1, -0.05) is 39.3 Å². The van der Waals surface area contributed by atoms with Gasteiger partial charge in [-0.3, -0.25) is 9.36 Å². The summed E-state index contributed by atoms with van der Waals surface area (Å²) in [5, 5.41) is 12.5. The smallest absolute Gasteiger partial charge is 0.234 e. The van der Waals surface area contributed by atoms with Gasteiger partial charge in [0.2, 0.25) is 5.91 Å². The van der Waals surface area contributed by atoms with Gasteiger partial charge >= 0.3 is 0 Å². The zero-order valence-corrected chi connectivity index (χ0v) is 19.8. The van der Waals surface area contributed by atoms with Gasteiger partial charge in [-0.25, -0.2) is 4.39 Å². The van der Waals surface area contributed by atoms with Gasteiger partial charge in [0.05, 0.1) is 25.5 Å². The SMILES string of the molecule is C[C@H](c1nnc(SCC(=O)Nc2ccc(Br)cc2F)n1-c1ccc(Cl)cc1)[NH+](C)C. The molecule has 0 aliphatic carbocycles. The van der Waals surface area contributed by atoms with E-state index in [4.69, 9.17) is 11.6 Å². The molecular weight excluding hydrogens is 493 g/mol. The summed E-state index contributed by atoms with van der Waals surface area (Å²) in [7, 11) is 4.08. The molecule has 2 N–H and O–H groups in total. The second-order valence-electron chi connectivity index (χ2n) is 6.91. The van der Waals surface area contributed by atoms with Crippen molar-refractivity contribution in [3.8, 4) is 5.69 Å². The highest BCUT2D eigenvalue weighted by molar-refractivity contribution is 9.10. The van der Waals surface area contributed by atoms with Crippen molar-refractivity contribution in [1.29, 1.82) is 0 Å². The third-order valence-electron chi connectivity index (χ3n) is 4.53. The Morgan fingerprint density at radius 1 is 1.27 bits per heavy atom. The third-order valence-corrected chi connectivity index (χ3v) is 6.21. The molecule has 3 aromatic rings. The van der Waals surface area contributed by atoms with E-state index in [9.17, 15) is 9.18 Å². The van der Waals surface area contributed by atoms with Crippen molar-refractivity contribution < 1.29 is 14.1 Å². The quantitative estimate of drug-likeness (QED) is 0.472. The number of rotatable bonds is 7. The van der Waals surface area contributed by atoms with Gasteiger partial charge in [-0.05, 0) is 49.4 Å². The van der Waals surface area contributed by atoms with Crippen molar-refractivity contribution in [2.45, 2.75) is 18.1 Å².